The molecule has 3 N–H and O–H groups in total. The van der Waals surface area contributed by atoms with Crippen molar-refractivity contribution < 1.29 is 31.1 Å². The summed E-state index contributed by atoms with van der Waals surface area (Å²) < 4.78 is 82.7. The van der Waals surface area contributed by atoms with E-state index in [1.54, 1.807) is 48.5 Å². The number of amides is 1. The fourth-order valence-corrected chi connectivity index (χ4v) is 7.49. The SMILES string of the molecule is N[C@H]1CCN(C(=O)[C@@H](NS(=O)(=O)c2ccc3cc(OC4CCCC4)ccc3c2)C(F)(F)c2ccc(-c3ccc(Cl)cc3)cc2)C[C@@H]1F. The molecule has 2 aliphatic rings. The van der Waals surface area contributed by atoms with Gasteiger partial charge >= 0.3 is 0 Å². The summed E-state index contributed by atoms with van der Waals surface area (Å²) in [4.78, 5) is 14.3. The Morgan fingerprint density at radius 3 is 2.19 bits per heavy atom. The lowest BCUT2D eigenvalue weighted by Crippen LogP contribution is -2.60. The number of halogens is 4. The van der Waals surface area contributed by atoms with Crippen LogP contribution in [0.15, 0.2) is 89.8 Å². The molecule has 248 valence electrons. The van der Waals surface area contributed by atoms with Crippen LogP contribution in [0.3, 0.4) is 0 Å². The van der Waals surface area contributed by atoms with Gasteiger partial charge in [-0.05, 0) is 90.4 Å². The van der Waals surface area contributed by atoms with Crippen LogP contribution in [0.2, 0.25) is 5.02 Å². The number of nitrogens with zero attached hydrogens (tertiary/aromatic N) is 1. The van der Waals surface area contributed by atoms with Gasteiger partial charge < -0.3 is 15.4 Å². The van der Waals surface area contributed by atoms with E-state index in [4.69, 9.17) is 22.1 Å². The van der Waals surface area contributed by atoms with Crippen molar-refractivity contribution in [2.24, 2.45) is 5.73 Å². The Balaban J connectivity index is 1.30. The first-order valence-corrected chi connectivity index (χ1v) is 17.4. The third kappa shape index (κ3) is 7.28. The first-order chi connectivity index (χ1) is 22.4. The molecular weight excluding hydrogens is 651 g/mol. The largest absolute Gasteiger partial charge is 0.490 e. The minimum Gasteiger partial charge on any atom is -0.490 e. The van der Waals surface area contributed by atoms with Crippen molar-refractivity contribution in [1.29, 1.82) is 0 Å². The average Bonchev–Trinajstić information content (AvgIpc) is 3.58. The summed E-state index contributed by atoms with van der Waals surface area (Å²) in [5.74, 6) is -4.60. The molecule has 4 aromatic carbocycles. The van der Waals surface area contributed by atoms with Crippen LogP contribution in [-0.2, 0) is 20.7 Å². The fourth-order valence-electron chi connectivity index (χ4n) is 6.14. The second-order valence-electron chi connectivity index (χ2n) is 12.2. The summed E-state index contributed by atoms with van der Waals surface area (Å²) in [5, 5.41) is 1.77. The fraction of sp³-hybridized carbons (Fsp3) is 0.343. The van der Waals surface area contributed by atoms with Gasteiger partial charge in [0.1, 0.15) is 11.9 Å². The molecule has 7 nitrogen and oxygen atoms in total. The van der Waals surface area contributed by atoms with Gasteiger partial charge in [0.2, 0.25) is 15.9 Å². The second kappa shape index (κ2) is 13.5. The van der Waals surface area contributed by atoms with Crippen LogP contribution < -0.4 is 15.2 Å². The molecule has 1 saturated heterocycles. The molecule has 12 heteroatoms. The summed E-state index contributed by atoms with van der Waals surface area (Å²) in [6, 6.07) is 18.1. The number of nitrogens with one attached hydrogen (secondary N) is 1. The number of nitrogens with two attached hydrogens (primary N) is 1. The summed E-state index contributed by atoms with van der Waals surface area (Å²) in [6.45, 7) is -0.615. The monoisotopic (exact) mass is 685 g/mol. The first-order valence-electron chi connectivity index (χ1n) is 15.6. The Kier molecular flexibility index (Phi) is 9.53. The van der Waals surface area contributed by atoms with E-state index in [0.29, 0.717) is 27.1 Å². The number of ether oxygens (including phenoxy) is 1. The average molecular weight is 686 g/mol. The van der Waals surface area contributed by atoms with Crippen LogP contribution in [0.4, 0.5) is 13.2 Å². The van der Waals surface area contributed by atoms with Crippen LogP contribution in [0, 0.1) is 0 Å². The molecule has 0 aromatic heterocycles. The minimum absolute atomic E-state index is 0.0465. The maximum absolute atomic E-state index is 16.4. The van der Waals surface area contributed by atoms with E-state index < -0.39 is 52.2 Å². The van der Waals surface area contributed by atoms with Gasteiger partial charge in [0.15, 0.2) is 6.04 Å². The summed E-state index contributed by atoms with van der Waals surface area (Å²) in [5.41, 5.74) is 6.50. The van der Waals surface area contributed by atoms with Gasteiger partial charge in [0.25, 0.3) is 5.92 Å². The molecule has 1 heterocycles. The number of carbonyl (C=O) groups excluding carboxylic acids is 1. The maximum Gasteiger partial charge on any atom is 0.298 e. The molecule has 3 atom stereocenters. The van der Waals surface area contributed by atoms with Gasteiger partial charge in [-0.2, -0.15) is 13.5 Å². The number of fused-ring (bicyclic) bond motifs is 1. The number of hydrogen-bond donors (Lipinski definition) is 2. The van der Waals surface area contributed by atoms with E-state index in [0.717, 1.165) is 48.3 Å². The third-order valence-corrected chi connectivity index (χ3v) is 10.6. The van der Waals surface area contributed by atoms with Crippen LogP contribution in [0.1, 0.15) is 37.7 Å². The molecular formula is C35H35ClF3N3O4S. The molecule has 47 heavy (non-hydrogen) atoms. The van der Waals surface area contributed by atoms with Gasteiger partial charge in [-0.3, -0.25) is 4.79 Å². The summed E-state index contributed by atoms with van der Waals surface area (Å²) >= 11 is 5.96. The number of alkyl halides is 3. The van der Waals surface area contributed by atoms with Crippen LogP contribution in [0.5, 0.6) is 5.75 Å². The Labute approximate surface area is 276 Å². The van der Waals surface area contributed by atoms with Crippen LogP contribution in [-0.4, -0.2) is 56.7 Å². The van der Waals surface area contributed by atoms with E-state index in [1.807, 2.05) is 4.72 Å². The summed E-state index contributed by atoms with van der Waals surface area (Å²) in [6.07, 6.45) is 2.74. The minimum atomic E-state index is -4.67. The van der Waals surface area contributed by atoms with Gasteiger partial charge in [-0.1, -0.05) is 60.1 Å². The highest BCUT2D eigenvalue weighted by molar-refractivity contribution is 7.89. The number of sulfonamides is 1. The normalized spacial score (nSPS) is 20.0. The lowest BCUT2D eigenvalue weighted by molar-refractivity contribution is -0.146. The van der Waals surface area contributed by atoms with Crippen molar-refractivity contribution in [3.8, 4) is 16.9 Å². The Morgan fingerprint density at radius 2 is 1.53 bits per heavy atom. The van der Waals surface area contributed by atoms with E-state index >= 15 is 8.78 Å². The number of carbonyl (C=O) groups is 1. The van der Waals surface area contributed by atoms with Gasteiger partial charge in [0.05, 0.1) is 17.5 Å². The maximum atomic E-state index is 16.4. The standard InChI is InChI=1S/C35H35ClF3N3O4S/c36-27-13-7-23(8-14-27)22-5-11-26(12-6-22)35(38,39)33(34(43)42-18-17-32(40)31(37)21-42)41-47(44,45)30-16-10-24-19-29(15-9-25(24)20-30)46-28-3-1-2-4-28/h5-16,19-20,28,31-33,41H,1-4,17-18,21,40H2/t31-,32-,33+/m0/s1. The topological polar surface area (TPSA) is 102 Å². The summed E-state index contributed by atoms with van der Waals surface area (Å²) in [7, 11) is -4.67. The van der Waals surface area contributed by atoms with Crippen molar-refractivity contribution >= 4 is 38.3 Å². The quantitative estimate of drug-likeness (QED) is 0.201. The zero-order chi connectivity index (χ0) is 33.3. The molecule has 2 fully saturated rings. The lowest BCUT2D eigenvalue weighted by Gasteiger charge is -2.37. The molecule has 1 saturated carbocycles. The predicted molar refractivity (Wildman–Crippen MR) is 176 cm³/mol. The molecule has 1 aliphatic carbocycles. The Hall–Kier alpha value is -3.64. The molecule has 1 amide bonds. The smallest absolute Gasteiger partial charge is 0.298 e. The number of hydrogen-bond acceptors (Lipinski definition) is 5. The van der Waals surface area contributed by atoms with Crippen molar-refractivity contribution in [2.75, 3.05) is 13.1 Å². The van der Waals surface area contributed by atoms with E-state index in [9.17, 15) is 17.6 Å². The number of rotatable bonds is 9. The zero-order valence-electron chi connectivity index (χ0n) is 25.4. The van der Waals surface area contributed by atoms with Crippen LogP contribution in [0.25, 0.3) is 21.9 Å². The molecule has 1 aliphatic heterocycles. The van der Waals surface area contributed by atoms with Crippen molar-refractivity contribution in [3.05, 3.63) is 95.5 Å². The number of piperidine rings is 1. The molecule has 0 unspecified atom stereocenters. The lowest BCUT2D eigenvalue weighted by atomic mass is 9.96. The predicted octanol–water partition coefficient (Wildman–Crippen LogP) is 6.82. The Bertz CT molecular complexity index is 1850. The Morgan fingerprint density at radius 1 is 0.915 bits per heavy atom. The highest BCUT2D eigenvalue weighted by Crippen LogP contribution is 2.36. The van der Waals surface area contributed by atoms with Crippen LogP contribution >= 0.6 is 11.6 Å². The highest BCUT2D eigenvalue weighted by atomic mass is 35.5. The van der Waals surface area contributed by atoms with Crippen molar-refractivity contribution in [3.63, 3.8) is 0 Å². The molecule has 0 radical (unpaired) electrons. The zero-order valence-corrected chi connectivity index (χ0v) is 27.0. The van der Waals surface area contributed by atoms with Gasteiger partial charge in [-0.25, -0.2) is 12.8 Å². The molecule has 0 bridgehead atoms. The number of benzene rings is 4. The second-order valence-corrected chi connectivity index (χ2v) is 14.4. The van der Waals surface area contributed by atoms with Crippen molar-refractivity contribution in [2.45, 2.75) is 67.3 Å². The molecule has 0 spiro atoms. The first kappa shape index (κ1) is 33.3. The van der Waals surface area contributed by atoms with Crippen molar-refractivity contribution in [1.82, 2.24) is 9.62 Å². The van der Waals surface area contributed by atoms with E-state index in [-0.39, 0.29) is 24.0 Å². The number of likely N-dealkylation sites (tertiary alicyclic amines) is 1. The molecule has 4 aromatic rings. The highest BCUT2D eigenvalue weighted by Gasteiger charge is 2.50. The molecule has 6 rings (SSSR count). The third-order valence-electron chi connectivity index (χ3n) is 8.93. The van der Waals surface area contributed by atoms with Gasteiger partial charge in [-0.15, -0.1) is 0 Å². The van der Waals surface area contributed by atoms with E-state index in [2.05, 4.69) is 0 Å². The van der Waals surface area contributed by atoms with Gasteiger partial charge in [0, 0.05) is 23.2 Å². The van der Waals surface area contributed by atoms with E-state index in [1.165, 1.54) is 24.3 Å².